The molecule has 2 rings (SSSR count). The Bertz CT molecular complexity index is 901. The Labute approximate surface area is 166 Å². The van der Waals surface area contributed by atoms with Gasteiger partial charge >= 0.3 is 0 Å². The molecule has 0 saturated heterocycles. The van der Waals surface area contributed by atoms with E-state index < -0.39 is 16.1 Å². The third-order valence-electron chi connectivity index (χ3n) is 4.42. The molecule has 7 heteroatoms. The minimum absolute atomic E-state index is 0.192. The van der Waals surface area contributed by atoms with Crippen LogP contribution in [0.15, 0.2) is 48.5 Å². The highest BCUT2D eigenvalue weighted by Gasteiger charge is 2.31. The Morgan fingerprint density at radius 3 is 2.37 bits per heavy atom. The summed E-state index contributed by atoms with van der Waals surface area (Å²) in [7, 11) is -3.69. The smallest absolute Gasteiger partial charge is 0.244 e. The van der Waals surface area contributed by atoms with Crippen molar-refractivity contribution in [2.24, 2.45) is 0 Å². The summed E-state index contributed by atoms with van der Waals surface area (Å²) >= 11 is 6.06. The Morgan fingerprint density at radius 2 is 1.81 bits per heavy atom. The van der Waals surface area contributed by atoms with Gasteiger partial charge in [-0.05, 0) is 43.5 Å². The molecule has 1 amide bonds. The number of aryl methyl sites for hydroxylation is 1. The van der Waals surface area contributed by atoms with Gasteiger partial charge in [0.15, 0.2) is 0 Å². The molecule has 2 aromatic rings. The van der Waals surface area contributed by atoms with Crippen LogP contribution in [0.1, 0.15) is 37.4 Å². The number of carbonyl (C=O) groups is 1. The van der Waals surface area contributed by atoms with E-state index in [0.29, 0.717) is 17.1 Å². The zero-order valence-electron chi connectivity index (χ0n) is 15.9. The number of sulfonamides is 1. The number of benzene rings is 2. The highest BCUT2D eigenvalue weighted by Crippen LogP contribution is 2.28. The first-order valence-corrected chi connectivity index (χ1v) is 11.0. The predicted octanol–water partition coefficient (Wildman–Crippen LogP) is 4.07. The number of halogens is 1. The molecular weight excluding hydrogens is 384 g/mol. The molecule has 0 saturated carbocycles. The number of rotatable bonds is 7. The predicted molar refractivity (Wildman–Crippen MR) is 111 cm³/mol. The standard InChI is InChI=1S/C20H25ClN2O3S/c1-5-18(16-9-7-6-8-10-16)22-20(24)15(3)23(27(4,25)26)19-13-17(21)12-11-14(19)2/h6-13,15,18H,5H2,1-4H3,(H,22,24)/t15-,18+/m0/s1. The van der Waals surface area contributed by atoms with Crippen LogP contribution in [0, 0.1) is 6.92 Å². The molecule has 0 aromatic heterocycles. The number of hydrogen-bond acceptors (Lipinski definition) is 3. The lowest BCUT2D eigenvalue weighted by molar-refractivity contribution is -0.122. The summed E-state index contributed by atoms with van der Waals surface area (Å²) < 4.78 is 26.1. The number of carbonyl (C=O) groups excluding carboxylic acids is 1. The molecule has 0 unspecified atom stereocenters. The average molecular weight is 409 g/mol. The number of hydrogen-bond donors (Lipinski definition) is 1. The van der Waals surface area contributed by atoms with E-state index in [1.807, 2.05) is 37.3 Å². The number of nitrogens with one attached hydrogen (secondary N) is 1. The Kier molecular flexibility index (Phi) is 6.89. The first kappa shape index (κ1) is 21.3. The molecule has 0 aliphatic rings. The fourth-order valence-corrected chi connectivity index (χ4v) is 4.39. The molecule has 27 heavy (non-hydrogen) atoms. The molecule has 0 aliphatic heterocycles. The van der Waals surface area contributed by atoms with Crippen molar-refractivity contribution in [3.8, 4) is 0 Å². The summed E-state index contributed by atoms with van der Waals surface area (Å²) in [5.41, 5.74) is 2.10. The third kappa shape index (κ3) is 5.23. The molecule has 0 bridgehead atoms. The van der Waals surface area contributed by atoms with E-state index in [0.717, 1.165) is 21.7 Å². The van der Waals surface area contributed by atoms with E-state index >= 15 is 0 Å². The lowest BCUT2D eigenvalue weighted by atomic mass is 10.0. The van der Waals surface area contributed by atoms with Gasteiger partial charge in [-0.1, -0.05) is 54.9 Å². The van der Waals surface area contributed by atoms with Crippen LogP contribution in [-0.2, 0) is 14.8 Å². The van der Waals surface area contributed by atoms with E-state index in [-0.39, 0.29) is 11.9 Å². The number of nitrogens with zero attached hydrogens (tertiary/aromatic N) is 1. The largest absolute Gasteiger partial charge is 0.347 e. The van der Waals surface area contributed by atoms with Gasteiger partial charge in [0.2, 0.25) is 15.9 Å². The van der Waals surface area contributed by atoms with Crippen molar-refractivity contribution in [1.82, 2.24) is 5.32 Å². The summed E-state index contributed by atoms with van der Waals surface area (Å²) in [6, 6.07) is 13.5. The van der Waals surface area contributed by atoms with Crippen LogP contribution in [0.3, 0.4) is 0 Å². The highest BCUT2D eigenvalue weighted by atomic mass is 35.5. The highest BCUT2D eigenvalue weighted by molar-refractivity contribution is 7.92. The molecule has 0 heterocycles. The summed E-state index contributed by atoms with van der Waals surface area (Å²) in [5, 5.41) is 3.37. The van der Waals surface area contributed by atoms with Crippen LogP contribution in [0.5, 0.6) is 0 Å². The van der Waals surface area contributed by atoms with Crippen LogP contribution in [-0.4, -0.2) is 26.6 Å². The zero-order valence-corrected chi connectivity index (χ0v) is 17.5. The van der Waals surface area contributed by atoms with Crippen molar-refractivity contribution in [3.05, 3.63) is 64.7 Å². The van der Waals surface area contributed by atoms with Crippen LogP contribution < -0.4 is 9.62 Å². The summed E-state index contributed by atoms with van der Waals surface area (Å²) in [6.07, 6.45) is 1.78. The van der Waals surface area contributed by atoms with Crippen molar-refractivity contribution < 1.29 is 13.2 Å². The van der Waals surface area contributed by atoms with Gasteiger partial charge in [-0.3, -0.25) is 9.10 Å². The van der Waals surface area contributed by atoms with E-state index in [9.17, 15) is 13.2 Å². The maximum Gasteiger partial charge on any atom is 0.244 e. The minimum atomic E-state index is -3.69. The zero-order chi connectivity index (χ0) is 20.2. The molecule has 5 nitrogen and oxygen atoms in total. The quantitative estimate of drug-likeness (QED) is 0.750. The van der Waals surface area contributed by atoms with Gasteiger partial charge < -0.3 is 5.32 Å². The minimum Gasteiger partial charge on any atom is -0.347 e. The first-order chi connectivity index (χ1) is 12.6. The van der Waals surface area contributed by atoms with Gasteiger partial charge in [-0.2, -0.15) is 0 Å². The average Bonchev–Trinajstić information content (AvgIpc) is 2.62. The monoisotopic (exact) mass is 408 g/mol. The van der Waals surface area contributed by atoms with Gasteiger partial charge in [0.1, 0.15) is 6.04 Å². The lowest BCUT2D eigenvalue weighted by Crippen LogP contribution is -2.48. The van der Waals surface area contributed by atoms with E-state index in [2.05, 4.69) is 5.32 Å². The Balaban J connectivity index is 2.34. The third-order valence-corrected chi connectivity index (χ3v) is 5.89. The number of amides is 1. The topological polar surface area (TPSA) is 66.5 Å². The van der Waals surface area contributed by atoms with E-state index in [1.165, 1.54) is 0 Å². The Hall–Kier alpha value is -2.05. The van der Waals surface area contributed by atoms with Crippen molar-refractivity contribution in [3.63, 3.8) is 0 Å². The SMILES string of the molecule is CC[C@@H](NC(=O)[C@H](C)N(c1cc(Cl)ccc1C)S(C)(=O)=O)c1ccccc1. The molecule has 2 atom stereocenters. The summed E-state index contributed by atoms with van der Waals surface area (Å²) in [6.45, 7) is 5.33. The molecular formula is C20H25ClN2O3S. The maximum absolute atomic E-state index is 12.9. The second-order valence-corrected chi connectivity index (χ2v) is 8.84. The first-order valence-electron chi connectivity index (χ1n) is 8.76. The van der Waals surface area contributed by atoms with Crippen molar-refractivity contribution >= 4 is 33.2 Å². The molecule has 0 aliphatic carbocycles. The van der Waals surface area contributed by atoms with Gasteiger partial charge in [-0.15, -0.1) is 0 Å². The molecule has 146 valence electrons. The van der Waals surface area contributed by atoms with Gasteiger partial charge in [0.05, 0.1) is 18.0 Å². The lowest BCUT2D eigenvalue weighted by Gasteiger charge is -2.31. The van der Waals surface area contributed by atoms with Crippen LogP contribution >= 0.6 is 11.6 Å². The normalized spacial score (nSPS) is 13.7. The Morgan fingerprint density at radius 1 is 1.19 bits per heavy atom. The van der Waals surface area contributed by atoms with Crippen molar-refractivity contribution in [1.29, 1.82) is 0 Å². The molecule has 1 N–H and O–H groups in total. The van der Waals surface area contributed by atoms with Crippen LogP contribution in [0.2, 0.25) is 5.02 Å². The van der Waals surface area contributed by atoms with Gasteiger partial charge in [-0.25, -0.2) is 8.42 Å². The second-order valence-electron chi connectivity index (χ2n) is 6.55. The van der Waals surface area contributed by atoms with Crippen LogP contribution in [0.25, 0.3) is 0 Å². The van der Waals surface area contributed by atoms with Gasteiger partial charge in [0.25, 0.3) is 0 Å². The fourth-order valence-electron chi connectivity index (χ4n) is 3.00. The van der Waals surface area contributed by atoms with E-state index in [4.69, 9.17) is 11.6 Å². The fraction of sp³-hybridized carbons (Fsp3) is 0.350. The van der Waals surface area contributed by atoms with Gasteiger partial charge in [0, 0.05) is 5.02 Å². The molecule has 2 aromatic carbocycles. The maximum atomic E-state index is 12.9. The summed E-state index contributed by atoms with van der Waals surface area (Å²) in [4.78, 5) is 12.9. The second kappa shape index (κ2) is 8.76. The van der Waals surface area contributed by atoms with E-state index in [1.54, 1.807) is 32.0 Å². The van der Waals surface area contributed by atoms with Crippen LogP contribution in [0.4, 0.5) is 5.69 Å². The van der Waals surface area contributed by atoms with Crippen molar-refractivity contribution in [2.75, 3.05) is 10.6 Å². The number of anilines is 1. The molecule has 0 radical (unpaired) electrons. The molecule has 0 fully saturated rings. The summed E-state index contributed by atoms with van der Waals surface area (Å²) in [5.74, 6) is -0.365. The van der Waals surface area contributed by atoms with Crippen molar-refractivity contribution in [2.45, 2.75) is 39.3 Å². The molecule has 0 spiro atoms.